The fourth-order valence-electron chi connectivity index (χ4n) is 2.98. The van der Waals surface area contributed by atoms with Crippen molar-refractivity contribution in [1.82, 2.24) is 19.7 Å². The van der Waals surface area contributed by atoms with Gasteiger partial charge in [-0.3, -0.25) is 0 Å². The van der Waals surface area contributed by atoms with Crippen molar-refractivity contribution in [2.24, 2.45) is 7.05 Å². The van der Waals surface area contributed by atoms with Gasteiger partial charge in [0.2, 0.25) is 6.79 Å². The Balaban J connectivity index is 1.20. The van der Waals surface area contributed by atoms with E-state index in [4.69, 9.17) is 30.8 Å². The standard InChI is InChI=1S/C21H16ClFN4O3S2/c1-27-19(8-28-14-3-4-16(23)15(22)7-14)25-26-21(27)32-10-13-9-31-20(24-13)12-2-5-17-18(6-12)30-11-29-17/h2-7,9H,8,10-11H2,1H3. The fraction of sp³-hybridized carbons (Fsp3) is 0.190. The SMILES string of the molecule is Cn1c(COc2ccc(F)c(Cl)c2)nnc1SCc1csc(-c2ccc3c(c2)OCO3)n1. The van der Waals surface area contributed by atoms with E-state index in [1.54, 1.807) is 11.3 Å². The summed E-state index contributed by atoms with van der Waals surface area (Å²) in [5, 5.41) is 12.1. The highest BCUT2D eigenvalue weighted by molar-refractivity contribution is 7.98. The molecule has 4 aromatic rings. The largest absolute Gasteiger partial charge is 0.486 e. The number of aromatic nitrogens is 4. The Kier molecular flexibility index (Phi) is 5.90. The number of thioether (sulfide) groups is 1. The van der Waals surface area contributed by atoms with Gasteiger partial charge in [0.15, 0.2) is 22.5 Å². The first-order valence-electron chi connectivity index (χ1n) is 9.50. The maximum absolute atomic E-state index is 13.3. The van der Waals surface area contributed by atoms with Crippen molar-refractivity contribution in [3.63, 3.8) is 0 Å². The molecule has 0 spiro atoms. The van der Waals surface area contributed by atoms with Crippen molar-refractivity contribution in [3.8, 4) is 27.8 Å². The number of thiazole rings is 1. The molecule has 32 heavy (non-hydrogen) atoms. The van der Waals surface area contributed by atoms with Gasteiger partial charge in [-0.25, -0.2) is 9.37 Å². The van der Waals surface area contributed by atoms with Crippen LogP contribution in [-0.4, -0.2) is 26.5 Å². The Bertz CT molecular complexity index is 1280. The average molecular weight is 491 g/mol. The van der Waals surface area contributed by atoms with Crippen LogP contribution >= 0.6 is 34.7 Å². The topological polar surface area (TPSA) is 71.3 Å². The van der Waals surface area contributed by atoms with Crippen LogP contribution in [0.15, 0.2) is 46.9 Å². The Morgan fingerprint density at radius 2 is 2.06 bits per heavy atom. The maximum atomic E-state index is 13.3. The third-order valence-electron chi connectivity index (χ3n) is 4.70. The number of rotatable bonds is 7. The van der Waals surface area contributed by atoms with Crippen LogP contribution < -0.4 is 14.2 Å². The molecule has 1 aliphatic rings. The summed E-state index contributed by atoms with van der Waals surface area (Å²) < 4.78 is 31.6. The zero-order valence-corrected chi connectivity index (χ0v) is 19.1. The molecule has 2 aromatic heterocycles. The predicted molar refractivity (Wildman–Crippen MR) is 120 cm³/mol. The minimum absolute atomic E-state index is 0.0140. The molecule has 0 radical (unpaired) electrons. The second-order valence-electron chi connectivity index (χ2n) is 6.82. The smallest absolute Gasteiger partial charge is 0.231 e. The van der Waals surface area contributed by atoms with Crippen LogP contribution in [0.25, 0.3) is 10.6 Å². The number of benzene rings is 2. The summed E-state index contributed by atoms with van der Waals surface area (Å²) in [4.78, 5) is 4.72. The van der Waals surface area contributed by atoms with Crippen LogP contribution in [0.1, 0.15) is 11.5 Å². The van der Waals surface area contributed by atoms with Gasteiger partial charge >= 0.3 is 0 Å². The summed E-state index contributed by atoms with van der Waals surface area (Å²) in [6.45, 7) is 0.442. The first-order chi connectivity index (χ1) is 15.6. The number of fused-ring (bicyclic) bond motifs is 1. The second kappa shape index (κ2) is 8.97. The molecule has 0 amide bonds. The molecule has 0 atom stereocenters. The molecule has 164 valence electrons. The molecule has 0 aliphatic carbocycles. The highest BCUT2D eigenvalue weighted by atomic mass is 35.5. The zero-order valence-electron chi connectivity index (χ0n) is 16.7. The lowest BCUT2D eigenvalue weighted by atomic mass is 10.2. The maximum Gasteiger partial charge on any atom is 0.231 e. The van der Waals surface area contributed by atoms with Crippen molar-refractivity contribution in [2.75, 3.05) is 6.79 Å². The molecule has 0 bridgehead atoms. The van der Waals surface area contributed by atoms with Gasteiger partial charge in [0, 0.05) is 29.8 Å². The Hall–Kier alpha value is -2.82. The Labute approximate surface area is 196 Å². The van der Waals surface area contributed by atoms with E-state index in [0.29, 0.717) is 17.3 Å². The number of nitrogens with zero attached hydrogens (tertiary/aromatic N) is 4. The Morgan fingerprint density at radius 1 is 1.19 bits per heavy atom. The van der Waals surface area contributed by atoms with E-state index in [2.05, 4.69) is 10.2 Å². The summed E-state index contributed by atoms with van der Waals surface area (Å²) in [6.07, 6.45) is 0. The van der Waals surface area contributed by atoms with Crippen molar-refractivity contribution >= 4 is 34.7 Å². The van der Waals surface area contributed by atoms with E-state index in [0.717, 1.165) is 32.9 Å². The molecule has 0 saturated carbocycles. The molecule has 3 heterocycles. The molecular weight excluding hydrogens is 475 g/mol. The van der Waals surface area contributed by atoms with Crippen LogP contribution in [0.3, 0.4) is 0 Å². The molecule has 0 fully saturated rings. The summed E-state index contributed by atoms with van der Waals surface area (Å²) in [5.41, 5.74) is 1.95. The minimum Gasteiger partial charge on any atom is -0.486 e. The summed E-state index contributed by atoms with van der Waals surface area (Å²) in [5.74, 6) is 2.78. The first-order valence-corrected chi connectivity index (χ1v) is 11.7. The number of ether oxygens (including phenoxy) is 3. The van der Waals surface area contributed by atoms with Gasteiger partial charge in [0.1, 0.15) is 23.2 Å². The van der Waals surface area contributed by atoms with E-state index in [1.807, 2.05) is 35.2 Å². The van der Waals surface area contributed by atoms with Gasteiger partial charge in [0.05, 0.1) is 10.7 Å². The lowest BCUT2D eigenvalue weighted by Gasteiger charge is -2.07. The minimum atomic E-state index is -0.486. The highest BCUT2D eigenvalue weighted by Gasteiger charge is 2.16. The van der Waals surface area contributed by atoms with Crippen molar-refractivity contribution in [3.05, 3.63) is 64.1 Å². The number of hydrogen-bond donors (Lipinski definition) is 0. The van der Waals surface area contributed by atoms with Gasteiger partial charge in [-0.05, 0) is 30.3 Å². The lowest BCUT2D eigenvalue weighted by Crippen LogP contribution is -2.04. The van der Waals surface area contributed by atoms with Crippen LogP contribution in [0.5, 0.6) is 17.2 Å². The lowest BCUT2D eigenvalue weighted by molar-refractivity contribution is 0.174. The van der Waals surface area contributed by atoms with Crippen molar-refractivity contribution in [1.29, 1.82) is 0 Å². The molecule has 0 N–H and O–H groups in total. The van der Waals surface area contributed by atoms with E-state index >= 15 is 0 Å². The molecule has 11 heteroatoms. The molecule has 5 rings (SSSR count). The normalized spacial score (nSPS) is 12.3. The number of hydrogen-bond acceptors (Lipinski definition) is 8. The van der Waals surface area contributed by atoms with E-state index in [-0.39, 0.29) is 18.4 Å². The predicted octanol–water partition coefficient (Wildman–Crippen LogP) is 5.33. The second-order valence-corrected chi connectivity index (χ2v) is 9.03. The average Bonchev–Trinajstić information content (AvgIpc) is 3.53. The summed E-state index contributed by atoms with van der Waals surface area (Å²) >= 11 is 8.91. The molecular formula is C21H16ClFN4O3S2. The molecule has 1 aliphatic heterocycles. The molecule has 0 unspecified atom stereocenters. The van der Waals surface area contributed by atoms with Gasteiger partial charge in [-0.1, -0.05) is 23.4 Å². The van der Waals surface area contributed by atoms with Crippen molar-refractivity contribution in [2.45, 2.75) is 17.5 Å². The fourth-order valence-corrected chi connectivity index (χ4v) is 4.90. The molecule has 7 nitrogen and oxygen atoms in total. The third-order valence-corrected chi connectivity index (χ3v) is 6.99. The van der Waals surface area contributed by atoms with E-state index < -0.39 is 5.82 Å². The quantitative estimate of drug-likeness (QED) is 0.324. The monoisotopic (exact) mass is 490 g/mol. The highest BCUT2D eigenvalue weighted by Crippen LogP contribution is 2.37. The van der Waals surface area contributed by atoms with Crippen LogP contribution in [-0.2, 0) is 19.4 Å². The van der Waals surface area contributed by atoms with Crippen molar-refractivity contribution < 1.29 is 18.6 Å². The first kappa shape index (κ1) is 21.0. The summed E-state index contributed by atoms with van der Waals surface area (Å²) in [7, 11) is 1.87. The van der Waals surface area contributed by atoms with Gasteiger partial charge in [0.25, 0.3) is 0 Å². The van der Waals surface area contributed by atoms with Crippen LogP contribution in [0, 0.1) is 5.82 Å². The third kappa shape index (κ3) is 4.38. The molecule has 2 aromatic carbocycles. The van der Waals surface area contributed by atoms with Crippen LogP contribution in [0.4, 0.5) is 4.39 Å². The zero-order chi connectivity index (χ0) is 22.1. The van der Waals surface area contributed by atoms with Gasteiger partial charge in [-0.2, -0.15) is 0 Å². The van der Waals surface area contributed by atoms with Gasteiger partial charge < -0.3 is 18.8 Å². The van der Waals surface area contributed by atoms with Gasteiger partial charge in [-0.15, -0.1) is 21.5 Å². The van der Waals surface area contributed by atoms with E-state index in [1.165, 1.54) is 30.0 Å². The number of halogens is 2. The summed E-state index contributed by atoms with van der Waals surface area (Å²) in [6, 6.07) is 10.0. The Morgan fingerprint density at radius 3 is 2.94 bits per heavy atom. The molecule has 0 saturated heterocycles. The van der Waals surface area contributed by atoms with E-state index in [9.17, 15) is 4.39 Å². The van der Waals surface area contributed by atoms with Crippen LogP contribution in [0.2, 0.25) is 5.02 Å².